The molecule has 0 aliphatic carbocycles. The highest BCUT2D eigenvalue weighted by molar-refractivity contribution is 5.78. The second-order valence-electron chi connectivity index (χ2n) is 8.55. The van der Waals surface area contributed by atoms with Crippen molar-refractivity contribution in [2.24, 2.45) is 0 Å². The zero-order chi connectivity index (χ0) is 20.1. The molecule has 4 heteroatoms. The van der Waals surface area contributed by atoms with Gasteiger partial charge in [-0.2, -0.15) is 0 Å². The molecule has 2 atom stereocenters. The van der Waals surface area contributed by atoms with Gasteiger partial charge < -0.3 is 10.1 Å². The molecule has 2 saturated heterocycles. The van der Waals surface area contributed by atoms with E-state index in [1.54, 1.807) is 0 Å². The van der Waals surface area contributed by atoms with E-state index in [9.17, 15) is 4.79 Å². The first kappa shape index (κ1) is 20.1. The first-order valence-corrected chi connectivity index (χ1v) is 10.9. The second-order valence-corrected chi connectivity index (χ2v) is 8.55. The van der Waals surface area contributed by atoms with Gasteiger partial charge in [-0.05, 0) is 43.9 Å². The summed E-state index contributed by atoms with van der Waals surface area (Å²) in [6.07, 6.45) is 3.02. The quantitative estimate of drug-likeness (QED) is 0.814. The van der Waals surface area contributed by atoms with Gasteiger partial charge in [-0.3, -0.25) is 9.69 Å². The Morgan fingerprint density at radius 3 is 2.41 bits per heavy atom. The van der Waals surface area contributed by atoms with E-state index >= 15 is 0 Å². The van der Waals surface area contributed by atoms with Crippen LogP contribution in [0.5, 0.6) is 0 Å². The summed E-state index contributed by atoms with van der Waals surface area (Å²) in [5.41, 5.74) is 2.67. The van der Waals surface area contributed by atoms with E-state index in [1.807, 2.05) is 6.07 Å². The van der Waals surface area contributed by atoms with Crippen molar-refractivity contribution in [2.75, 3.05) is 32.8 Å². The number of likely N-dealkylation sites (tertiary alicyclic amines) is 1. The number of carbonyl (C=O) groups is 1. The van der Waals surface area contributed by atoms with E-state index in [0.717, 1.165) is 39.0 Å². The molecule has 4 nitrogen and oxygen atoms in total. The Kier molecular flexibility index (Phi) is 6.31. The van der Waals surface area contributed by atoms with Crippen molar-refractivity contribution in [1.29, 1.82) is 0 Å². The normalized spacial score (nSPS) is 24.3. The number of hydrogen-bond acceptors (Lipinski definition) is 3. The third-order valence-electron chi connectivity index (χ3n) is 6.92. The minimum Gasteiger partial charge on any atom is -0.381 e. The van der Waals surface area contributed by atoms with Gasteiger partial charge in [-0.1, -0.05) is 60.7 Å². The molecular formula is C25H32N2O2. The highest BCUT2D eigenvalue weighted by Crippen LogP contribution is 2.35. The number of benzene rings is 2. The average molecular weight is 393 g/mol. The lowest BCUT2D eigenvalue weighted by atomic mass is 9.74. The summed E-state index contributed by atoms with van der Waals surface area (Å²) in [4.78, 5) is 15.1. The molecule has 1 amide bonds. The van der Waals surface area contributed by atoms with Gasteiger partial charge in [0.2, 0.25) is 5.91 Å². The number of rotatable bonds is 6. The van der Waals surface area contributed by atoms with Crippen molar-refractivity contribution < 1.29 is 9.53 Å². The maximum absolute atomic E-state index is 12.8. The summed E-state index contributed by atoms with van der Waals surface area (Å²) in [7, 11) is 0. The Balaban J connectivity index is 1.36. The fourth-order valence-corrected chi connectivity index (χ4v) is 5.00. The summed E-state index contributed by atoms with van der Waals surface area (Å²) >= 11 is 0. The first-order valence-electron chi connectivity index (χ1n) is 10.9. The van der Waals surface area contributed by atoms with Crippen molar-refractivity contribution in [3.63, 3.8) is 0 Å². The van der Waals surface area contributed by atoms with Gasteiger partial charge in [0.1, 0.15) is 0 Å². The van der Waals surface area contributed by atoms with Crippen molar-refractivity contribution in [3.05, 3.63) is 71.8 Å². The largest absolute Gasteiger partial charge is 0.381 e. The molecule has 2 aliphatic rings. The molecule has 0 saturated carbocycles. The van der Waals surface area contributed by atoms with E-state index < -0.39 is 0 Å². The van der Waals surface area contributed by atoms with Gasteiger partial charge in [0.25, 0.3) is 0 Å². The van der Waals surface area contributed by atoms with Gasteiger partial charge in [-0.15, -0.1) is 0 Å². The Labute approximate surface area is 174 Å². The molecule has 2 aromatic carbocycles. The maximum Gasteiger partial charge on any atom is 0.234 e. The van der Waals surface area contributed by atoms with Crippen LogP contribution in [0.25, 0.3) is 0 Å². The zero-order valence-corrected chi connectivity index (χ0v) is 17.3. The Morgan fingerprint density at radius 2 is 1.72 bits per heavy atom. The number of amides is 1. The summed E-state index contributed by atoms with van der Waals surface area (Å²) in [5, 5.41) is 3.26. The van der Waals surface area contributed by atoms with Crippen LogP contribution >= 0.6 is 0 Å². The van der Waals surface area contributed by atoms with E-state index in [2.05, 4.69) is 71.7 Å². The Morgan fingerprint density at radius 1 is 1.07 bits per heavy atom. The van der Waals surface area contributed by atoms with Crippen LogP contribution in [0.2, 0.25) is 0 Å². The van der Waals surface area contributed by atoms with Gasteiger partial charge in [0, 0.05) is 37.1 Å². The number of ether oxygens (including phenoxy) is 1. The van der Waals surface area contributed by atoms with Crippen LogP contribution in [0.15, 0.2) is 60.7 Å². The Hall–Kier alpha value is -2.17. The van der Waals surface area contributed by atoms with Gasteiger partial charge in [0.15, 0.2) is 0 Å². The standard InChI is InChI=1S/C25H32N2O2/c1-20-23(21-8-4-2-5-9-21)12-15-27(20)18-24(28)26-19-25(13-16-29-17-14-25)22-10-6-3-7-11-22/h2-11,20,23H,12-19H2,1H3,(H,26,28). The molecule has 0 radical (unpaired) electrons. The second kappa shape index (κ2) is 9.10. The molecule has 2 aromatic rings. The fourth-order valence-electron chi connectivity index (χ4n) is 5.00. The van der Waals surface area contributed by atoms with Crippen LogP contribution in [0.1, 0.15) is 43.2 Å². The van der Waals surface area contributed by atoms with E-state index in [1.165, 1.54) is 11.1 Å². The fraction of sp³-hybridized carbons (Fsp3) is 0.480. The molecule has 2 heterocycles. The number of nitrogens with zero attached hydrogens (tertiary/aromatic N) is 1. The van der Waals surface area contributed by atoms with Crippen molar-refractivity contribution >= 4 is 5.91 Å². The molecule has 29 heavy (non-hydrogen) atoms. The predicted octanol–water partition coefficient (Wildman–Crippen LogP) is 3.73. The first-order chi connectivity index (χ1) is 14.2. The summed E-state index contributed by atoms with van der Waals surface area (Å²) in [5.74, 6) is 0.641. The topological polar surface area (TPSA) is 41.6 Å². The van der Waals surface area contributed by atoms with Gasteiger partial charge in [-0.25, -0.2) is 0 Å². The summed E-state index contributed by atoms with van der Waals surface area (Å²) in [6.45, 7) is 5.91. The average Bonchev–Trinajstić information content (AvgIpc) is 3.14. The smallest absolute Gasteiger partial charge is 0.234 e. The summed E-state index contributed by atoms with van der Waals surface area (Å²) in [6, 6.07) is 21.7. The number of carbonyl (C=O) groups excluding carboxylic acids is 1. The Bertz CT molecular complexity index is 787. The lowest BCUT2D eigenvalue weighted by Crippen LogP contribution is -2.47. The number of nitrogens with one attached hydrogen (secondary N) is 1. The molecule has 0 aromatic heterocycles. The minimum absolute atomic E-state index is 0.0155. The molecule has 2 unspecified atom stereocenters. The molecule has 0 spiro atoms. The highest BCUT2D eigenvalue weighted by atomic mass is 16.5. The van der Waals surface area contributed by atoms with Crippen LogP contribution in [-0.2, 0) is 14.9 Å². The van der Waals surface area contributed by atoms with Gasteiger partial charge >= 0.3 is 0 Å². The maximum atomic E-state index is 12.8. The van der Waals surface area contributed by atoms with Gasteiger partial charge in [0.05, 0.1) is 6.54 Å². The number of hydrogen-bond donors (Lipinski definition) is 1. The van der Waals surface area contributed by atoms with E-state index in [-0.39, 0.29) is 11.3 Å². The van der Waals surface area contributed by atoms with Crippen LogP contribution in [-0.4, -0.2) is 49.7 Å². The van der Waals surface area contributed by atoms with E-state index in [0.29, 0.717) is 25.0 Å². The molecule has 0 bridgehead atoms. The SMILES string of the molecule is CC1C(c2ccccc2)CCN1CC(=O)NCC1(c2ccccc2)CCOCC1. The van der Waals surface area contributed by atoms with Crippen molar-refractivity contribution in [3.8, 4) is 0 Å². The highest BCUT2D eigenvalue weighted by Gasteiger charge is 2.36. The third-order valence-corrected chi connectivity index (χ3v) is 6.92. The molecule has 2 fully saturated rings. The van der Waals surface area contributed by atoms with Crippen LogP contribution in [0, 0.1) is 0 Å². The molecule has 154 valence electrons. The lowest BCUT2D eigenvalue weighted by molar-refractivity contribution is -0.122. The molecular weight excluding hydrogens is 360 g/mol. The van der Waals surface area contributed by atoms with Crippen LogP contribution in [0.4, 0.5) is 0 Å². The monoisotopic (exact) mass is 392 g/mol. The molecule has 4 rings (SSSR count). The zero-order valence-electron chi connectivity index (χ0n) is 17.3. The van der Waals surface area contributed by atoms with Crippen LogP contribution < -0.4 is 5.32 Å². The van der Waals surface area contributed by atoms with E-state index in [4.69, 9.17) is 4.74 Å². The van der Waals surface area contributed by atoms with Crippen molar-refractivity contribution in [2.45, 2.75) is 43.6 Å². The minimum atomic E-state index is -0.0155. The lowest BCUT2D eigenvalue weighted by Gasteiger charge is -2.38. The molecule has 1 N–H and O–H groups in total. The molecule has 2 aliphatic heterocycles. The predicted molar refractivity (Wildman–Crippen MR) is 116 cm³/mol. The summed E-state index contributed by atoms with van der Waals surface area (Å²) < 4.78 is 5.61. The third kappa shape index (κ3) is 4.54. The van der Waals surface area contributed by atoms with Crippen molar-refractivity contribution in [1.82, 2.24) is 10.2 Å². The van der Waals surface area contributed by atoms with Crippen LogP contribution in [0.3, 0.4) is 0 Å².